The van der Waals surface area contributed by atoms with E-state index in [1.807, 2.05) is 13.8 Å². The van der Waals surface area contributed by atoms with Gasteiger partial charge in [0, 0.05) is 0 Å². The fourth-order valence-electron chi connectivity index (χ4n) is 2.81. The second kappa shape index (κ2) is 18.5. The van der Waals surface area contributed by atoms with Crippen molar-refractivity contribution in [2.45, 2.75) is 111 Å². The number of ether oxygens (including phenoxy) is 1. The normalized spacial score (nSPS) is 12.6. The summed E-state index contributed by atoms with van der Waals surface area (Å²) in [5.74, 6) is 0.0447. The van der Waals surface area contributed by atoms with Crippen molar-refractivity contribution < 1.29 is 9.53 Å². The van der Waals surface area contributed by atoms with E-state index < -0.39 is 0 Å². The van der Waals surface area contributed by atoms with Crippen LogP contribution in [0.25, 0.3) is 0 Å². The van der Waals surface area contributed by atoms with Gasteiger partial charge < -0.3 is 4.74 Å². The molecule has 0 fully saturated rings. The van der Waals surface area contributed by atoms with Gasteiger partial charge in [0.05, 0.1) is 12.5 Å². The first-order valence-corrected chi connectivity index (χ1v) is 10.5. The topological polar surface area (TPSA) is 26.3 Å². The van der Waals surface area contributed by atoms with Crippen molar-refractivity contribution in [2.24, 2.45) is 5.92 Å². The van der Waals surface area contributed by atoms with Gasteiger partial charge in [0.25, 0.3) is 0 Å². The lowest BCUT2D eigenvalue weighted by molar-refractivity contribution is -0.148. The molecular formula is C22H42O2. The zero-order valence-corrected chi connectivity index (χ0v) is 16.7. The number of allylic oxidation sites excluding steroid dienone is 2. The van der Waals surface area contributed by atoms with E-state index in [1.54, 1.807) is 0 Å². The molecular weight excluding hydrogens is 296 g/mol. The largest absolute Gasteiger partial charge is 0.465 e. The van der Waals surface area contributed by atoms with Gasteiger partial charge >= 0.3 is 5.97 Å². The Morgan fingerprint density at radius 2 is 1.33 bits per heavy atom. The Balaban J connectivity index is 3.29. The maximum Gasteiger partial charge on any atom is 0.308 e. The highest BCUT2D eigenvalue weighted by atomic mass is 16.5. The molecule has 0 N–H and O–H groups in total. The number of hydrogen-bond donors (Lipinski definition) is 0. The van der Waals surface area contributed by atoms with E-state index in [0.29, 0.717) is 6.61 Å². The van der Waals surface area contributed by atoms with Crippen molar-refractivity contribution in [3.63, 3.8) is 0 Å². The Hall–Kier alpha value is -0.790. The molecule has 142 valence electrons. The van der Waals surface area contributed by atoms with Crippen LogP contribution in [0.4, 0.5) is 0 Å². The van der Waals surface area contributed by atoms with Gasteiger partial charge in [0.2, 0.25) is 0 Å². The Labute approximate surface area is 151 Å². The minimum absolute atomic E-state index is 0.0190. The molecule has 0 saturated carbocycles. The van der Waals surface area contributed by atoms with Crippen LogP contribution in [0.15, 0.2) is 12.2 Å². The van der Waals surface area contributed by atoms with Crippen LogP contribution in [-0.2, 0) is 9.53 Å². The quantitative estimate of drug-likeness (QED) is 0.159. The lowest BCUT2D eigenvalue weighted by Gasteiger charge is -2.10. The standard InChI is InChI=1S/C22H42O2/c1-4-6-7-8-9-10-11-12-13-14-15-16-17-18-19-21(3)22(23)24-20-5-2/h12-13,21H,4-11,14-20H2,1-3H3/b13-12+. The molecule has 0 saturated heterocycles. The number of unbranched alkanes of at least 4 members (excludes halogenated alkanes) is 10. The van der Waals surface area contributed by atoms with Crippen molar-refractivity contribution in [1.29, 1.82) is 0 Å². The van der Waals surface area contributed by atoms with Crippen LogP contribution in [-0.4, -0.2) is 12.6 Å². The van der Waals surface area contributed by atoms with Crippen LogP contribution in [0.3, 0.4) is 0 Å². The zero-order valence-electron chi connectivity index (χ0n) is 16.7. The van der Waals surface area contributed by atoms with Gasteiger partial charge in [-0.1, -0.05) is 84.3 Å². The molecule has 2 heteroatoms. The third kappa shape index (κ3) is 16.1. The van der Waals surface area contributed by atoms with Gasteiger partial charge in [-0.15, -0.1) is 0 Å². The smallest absolute Gasteiger partial charge is 0.308 e. The summed E-state index contributed by atoms with van der Waals surface area (Å²) in [5, 5.41) is 0. The number of carbonyl (C=O) groups excluding carboxylic acids is 1. The monoisotopic (exact) mass is 338 g/mol. The highest BCUT2D eigenvalue weighted by Crippen LogP contribution is 2.13. The SMILES string of the molecule is CCCCCCCC/C=C/CCCCCCC(C)C(=O)OCCC. The van der Waals surface area contributed by atoms with Gasteiger partial charge in [-0.25, -0.2) is 0 Å². The Morgan fingerprint density at radius 3 is 1.92 bits per heavy atom. The second-order valence-electron chi connectivity index (χ2n) is 7.09. The second-order valence-corrected chi connectivity index (χ2v) is 7.09. The van der Waals surface area contributed by atoms with E-state index in [9.17, 15) is 4.79 Å². The van der Waals surface area contributed by atoms with E-state index in [-0.39, 0.29) is 11.9 Å². The fraction of sp³-hybridized carbons (Fsp3) is 0.864. The molecule has 0 aliphatic heterocycles. The van der Waals surface area contributed by atoms with Crippen molar-refractivity contribution in [1.82, 2.24) is 0 Å². The van der Waals surface area contributed by atoms with Crippen LogP contribution in [0.2, 0.25) is 0 Å². The molecule has 0 radical (unpaired) electrons. The van der Waals surface area contributed by atoms with Crippen LogP contribution in [0, 0.1) is 5.92 Å². The number of rotatable bonds is 17. The van der Waals surface area contributed by atoms with E-state index >= 15 is 0 Å². The molecule has 2 nitrogen and oxygen atoms in total. The molecule has 0 rings (SSSR count). The van der Waals surface area contributed by atoms with Gasteiger partial charge in [0.1, 0.15) is 0 Å². The van der Waals surface area contributed by atoms with Crippen LogP contribution < -0.4 is 0 Å². The predicted octanol–water partition coefficient (Wildman–Crippen LogP) is 7.22. The third-order valence-electron chi connectivity index (χ3n) is 4.50. The lowest BCUT2D eigenvalue weighted by atomic mass is 10.0. The van der Waals surface area contributed by atoms with Crippen molar-refractivity contribution in [3.8, 4) is 0 Å². The first-order valence-electron chi connectivity index (χ1n) is 10.5. The number of esters is 1. The molecule has 0 heterocycles. The van der Waals surface area contributed by atoms with Crippen molar-refractivity contribution in [2.75, 3.05) is 6.61 Å². The summed E-state index contributed by atoms with van der Waals surface area (Å²) >= 11 is 0. The third-order valence-corrected chi connectivity index (χ3v) is 4.50. The van der Waals surface area contributed by atoms with Crippen LogP contribution >= 0.6 is 0 Å². The van der Waals surface area contributed by atoms with E-state index in [0.717, 1.165) is 19.3 Å². The van der Waals surface area contributed by atoms with Gasteiger partial charge in [-0.05, 0) is 38.5 Å². The zero-order chi connectivity index (χ0) is 17.9. The Bertz CT molecular complexity index is 296. The molecule has 1 atom stereocenters. The molecule has 0 bridgehead atoms. The average Bonchev–Trinajstić information content (AvgIpc) is 2.59. The van der Waals surface area contributed by atoms with Gasteiger partial charge in [0.15, 0.2) is 0 Å². The summed E-state index contributed by atoms with van der Waals surface area (Å²) < 4.78 is 5.17. The summed E-state index contributed by atoms with van der Waals surface area (Å²) in [6.07, 6.45) is 22.3. The fourth-order valence-corrected chi connectivity index (χ4v) is 2.81. The lowest BCUT2D eigenvalue weighted by Crippen LogP contribution is -2.15. The molecule has 1 unspecified atom stereocenters. The predicted molar refractivity (Wildman–Crippen MR) is 105 cm³/mol. The van der Waals surface area contributed by atoms with Gasteiger partial charge in [-0.2, -0.15) is 0 Å². The highest BCUT2D eigenvalue weighted by molar-refractivity contribution is 5.71. The van der Waals surface area contributed by atoms with E-state index in [1.165, 1.54) is 70.6 Å². The number of carbonyl (C=O) groups is 1. The van der Waals surface area contributed by atoms with Crippen LogP contribution in [0.1, 0.15) is 111 Å². The van der Waals surface area contributed by atoms with Gasteiger partial charge in [-0.3, -0.25) is 4.79 Å². The summed E-state index contributed by atoms with van der Waals surface area (Å²) in [5.41, 5.74) is 0. The first kappa shape index (κ1) is 23.2. The van der Waals surface area contributed by atoms with Crippen LogP contribution in [0.5, 0.6) is 0 Å². The Kier molecular flexibility index (Phi) is 17.9. The molecule has 0 aliphatic carbocycles. The Morgan fingerprint density at radius 1 is 0.792 bits per heavy atom. The molecule has 0 aliphatic rings. The van der Waals surface area contributed by atoms with E-state index in [4.69, 9.17) is 4.74 Å². The van der Waals surface area contributed by atoms with Crippen molar-refractivity contribution in [3.05, 3.63) is 12.2 Å². The summed E-state index contributed by atoms with van der Waals surface area (Å²) in [4.78, 5) is 11.6. The first-order chi connectivity index (χ1) is 11.7. The molecule has 24 heavy (non-hydrogen) atoms. The summed E-state index contributed by atoms with van der Waals surface area (Å²) in [6.45, 7) is 6.85. The maximum atomic E-state index is 11.6. The van der Waals surface area contributed by atoms with E-state index in [2.05, 4.69) is 19.1 Å². The summed E-state index contributed by atoms with van der Waals surface area (Å²) in [7, 11) is 0. The minimum atomic E-state index is -0.0190. The number of hydrogen-bond acceptors (Lipinski definition) is 2. The molecule has 0 spiro atoms. The highest BCUT2D eigenvalue weighted by Gasteiger charge is 2.13. The molecule has 0 aromatic rings. The summed E-state index contributed by atoms with van der Waals surface area (Å²) in [6, 6.07) is 0. The maximum absolute atomic E-state index is 11.6. The molecule has 0 aromatic heterocycles. The molecule has 0 amide bonds. The molecule has 0 aromatic carbocycles. The minimum Gasteiger partial charge on any atom is -0.465 e. The average molecular weight is 339 g/mol. The van der Waals surface area contributed by atoms with Crippen molar-refractivity contribution >= 4 is 5.97 Å².